The van der Waals surface area contributed by atoms with E-state index in [9.17, 15) is 13.2 Å². The quantitative estimate of drug-likeness (QED) is 0.815. The monoisotopic (exact) mass is 362 g/mol. The van der Waals surface area contributed by atoms with E-state index >= 15 is 0 Å². The Kier molecular flexibility index (Phi) is 8.24. The molecule has 0 spiro atoms. The summed E-state index contributed by atoms with van der Waals surface area (Å²) in [6.45, 7) is 7.48. The minimum Gasteiger partial charge on any atom is -0.326 e. The minimum absolute atomic E-state index is 0. The first-order chi connectivity index (χ1) is 10.1. The van der Waals surface area contributed by atoms with Crippen molar-refractivity contribution in [1.82, 2.24) is 5.32 Å². The molecule has 1 atom stereocenters. The van der Waals surface area contributed by atoms with Crippen LogP contribution in [0.15, 0.2) is 24.3 Å². The lowest BCUT2D eigenvalue weighted by molar-refractivity contribution is -0.119. The first-order valence-electron chi connectivity index (χ1n) is 7.33. The standard InChI is InChI=1S/C16H26N2O3S.ClH/c1-12(10-17-5)15(19)18-14-8-6-7-13(9-14)11-22(20,21)16(2,3)4;/h6-9,12,17H,10-11H2,1-5H3,(H,18,19);1H. The zero-order valence-electron chi connectivity index (χ0n) is 14.3. The van der Waals surface area contributed by atoms with Gasteiger partial charge in [-0.05, 0) is 45.5 Å². The molecule has 0 radical (unpaired) electrons. The van der Waals surface area contributed by atoms with E-state index in [0.717, 1.165) is 0 Å². The van der Waals surface area contributed by atoms with Crippen LogP contribution in [-0.4, -0.2) is 32.7 Å². The summed E-state index contributed by atoms with van der Waals surface area (Å²) in [6, 6.07) is 6.99. The maximum Gasteiger partial charge on any atom is 0.228 e. The minimum atomic E-state index is -3.24. The molecule has 1 unspecified atom stereocenters. The fourth-order valence-corrected chi connectivity index (χ4v) is 2.89. The van der Waals surface area contributed by atoms with Crippen LogP contribution in [0.3, 0.4) is 0 Å². The molecule has 5 nitrogen and oxygen atoms in total. The smallest absolute Gasteiger partial charge is 0.228 e. The zero-order chi connectivity index (χ0) is 17.0. The zero-order valence-corrected chi connectivity index (χ0v) is 16.0. The number of carbonyl (C=O) groups excluding carboxylic acids is 1. The van der Waals surface area contributed by atoms with Gasteiger partial charge in [-0.3, -0.25) is 4.79 Å². The molecule has 0 aliphatic carbocycles. The van der Waals surface area contributed by atoms with Gasteiger partial charge in [0.25, 0.3) is 0 Å². The molecular weight excluding hydrogens is 336 g/mol. The van der Waals surface area contributed by atoms with Crippen molar-refractivity contribution in [3.05, 3.63) is 29.8 Å². The molecule has 1 aromatic carbocycles. The highest BCUT2D eigenvalue weighted by Gasteiger charge is 2.29. The number of hydrogen-bond acceptors (Lipinski definition) is 4. The molecule has 7 heteroatoms. The van der Waals surface area contributed by atoms with Crippen molar-refractivity contribution in [2.24, 2.45) is 5.92 Å². The number of benzene rings is 1. The van der Waals surface area contributed by atoms with Gasteiger partial charge in [-0.15, -0.1) is 12.4 Å². The third-order valence-corrected chi connectivity index (χ3v) is 6.02. The van der Waals surface area contributed by atoms with Crippen LogP contribution in [0.5, 0.6) is 0 Å². The third kappa shape index (κ3) is 6.49. The molecule has 0 heterocycles. The van der Waals surface area contributed by atoms with Crippen molar-refractivity contribution >= 4 is 33.8 Å². The van der Waals surface area contributed by atoms with Crippen molar-refractivity contribution in [3.63, 3.8) is 0 Å². The van der Waals surface area contributed by atoms with Crippen molar-refractivity contribution < 1.29 is 13.2 Å². The highest BCUT2D eigenvalue weighted by Crippen LogP contribution is 2.22. The molecule has 1 aromatic rings. The first kappa shape index (κ1) is 21.9. The van der Waals surface area contributed by atoms with Gasteiger partial charge < -0.3 is 10.6 Å². The number of sulfone groups is 1. The molecule has 0 aliphatic heterocycles. The number of carbonyl (C=O) groups is 1. The number of nitrogens with one attached hydrogen (secondary N) is 2. The van der Waals surface area contributed by atoms with E-state index in [2.05, 4.69) is 10.6 Å². The summed E-state index contributed by atoms with van der Waals surface area (Å²) < 4.78 is 23.7. The fourth-order valence-electron chi connectivity index (χ4n) is 1.84. The van der Waals surface area contributed by atoms with Gasteiger partial charge in [0.05, 0.1) is 10.5 Å². The van der Waals surface area contributed by atoms with Gasteiger partial charge in [0, 0.05) is 18.2 Å². The Morgan fingerprint density at radius 2 is 1.87 bits per heavy atom. The predicted octanol–water partition coefficient (Wildman–Crippen LogP) is 2.62. The third-order valence-electron chi connectivity index (χ3n) is 3.44. The lowest BCUT2D eigenvalue weighted by atomic mass is 10.1. The average Bonchev–Trinajstić information content (AvgIpc) is 2.37. The van der Waals surface area contributed by atoms with Crippen LogP contribution < -0.4 is 10.6 Å². The topological polar surface area (TPSA) is 75.3 Å². The number of anilines is 1. The molecular formula is C16H27ClN2O3S. The van der Waals surface area contributed by atoms with E-state index < -0.39 is 14.6 Å². The van der Waals surface area contributed by atoms with E-state index in [4.69, 9.17) is 0 Å². The average molecular weight is 363 g/mol. The van der Waals surface area contributed by atoms with Gasteiger partial charge in [-0.1, -0.05) is 19.1 Å². The van der Waals surface area contributed by atoms with E-state index in [1.165, 1.54) is 0 Å². The summed E-state index contributed by atoms with van der Waals surface area (Å²) in [5.41, 5.74) is 1.29. The predicted molar refractivity (Wildman–Crippen MR) is 97.8 cm³/mol. The van der Waals surface area contributed by atoms with Gasteiger partial charge in [-0.25, -0.2) is 8.42 Å². The van der Waals surface area contributed by atoms with Crippen molar-refractivity contribution in [2.45, 2.75) is 38.2 Å². The molecule has 0 aliphatic rings. The summed E-state index contributed by atoms with van der Waals surface area (Å²) in [7, 11) is -1.45. The highest BCUT2D eigenvalue weighted by atomic mass is 35.5. The molecule has 23 heavy (non-hydrogen) atoms. The molecule has 0 saturated heterocycles. The Bertz CT molecular complexity index is 624. The fraction of sp³-hybridized carbons (Fsp3) is 0.562. The summed E-state index contributed by atoms with van der Waals surface area (Å²) in [5.74, 6) is -0.288. The molecule has 0 saturated carbocycles. The molecule has 1 rings (SSSR count). The number of hydrogen-bond donors (Lipinski definition) is 2. The normalized spacial score (nSPS) is 13.1. The van der Waals surface area contributed by atoms with Crippen LogP contribution in [-0.2, 0) is 20.4 Å². The van der Waals surface area contributed by atoms with Crippen LogP contribution in [0.25, 0.3) is 0 Å². The summed E-state index contributed by atoms with van der Waals surface area (Å²) in [4.78, 5) is 12.0. The Morgan fingerprint density at radius 1 is 1.26 bits per heavy atom. The van der Waals surface area contributed by atoms with Crippen LogP contribution in [0.2, 0.25) is 0 Å². The molecule has 2 N–H and O–H groups in total. The lowest BCUT2D eigenvalue weighted by Crippen LogP contribution is -2.29. The van der Waals surface area contributed by atoms with Gasteiger partial charge in [0.2, 0.25) is 5.91 Å². The summed E-state index contributed by atoms with van der Waals surface area (Å²) in [6.07, 6.45) is 0. The second-order valence-corrected chi connectivity index (χ2v) is 9.26. The molecule has 0 aromatic heterocycles. The van der Waals surface area contributed by atoms with Gasteiger partial charge in [-0.2, -0.15) is 0 Å². The Hall–Kier alpha value is -1.11. The van der Waals surface area contributed by atoms with E-state index in [1.807, 2.05) is 6.92 Å². The van der Waals surface area contributed by atoms with E-state index in [0.29, 0.717) is 17.8 Å². The Balaban J connectivity index is 0.00000484. The number of amides is 1. The van der Waals surface area contributed by atoms with Crippen molar-refractivity contribution in [2.75, 3.05) is 18.9 Å². The second-order valence-electron chi connectivity index (χ2n) is 6.52. The van der Waals surface area contributed by atoms with Gasteiger partial charge >= 0.3 is 0 Å². The van der Waals surface area contributed by atoms with E-state index in [-0.39, 0.29) is 30.0 Å². The van der Waals surface area contributed by atoms with Crippen LogP contribution in [0, 0.1) is 5.92 Å². The molecule has 0 fully saturated rings. The summed E-state index contributed by atoms with van der Waals surface area (Å²) in [5, 5.41) is 5.77. The SMILES string of the molecule is CNCC(C)C(=O)Nc1cccc(CS(=O)(=O)C(C)(C)C)c1.Cl. The first-order valence-corrected chi connectivity index (χ1v) is 8.99. The van der Waals surface area contributed by atoms with Gasteiger partial charge in [0.1, 0.15) is 0 Å². The highest BCUT2D eigenvalue weighted by molar-refractivity contribution is 7.91. The van der Waals surface area contributed by atoms with Crippen molar-refractivity contribution in [1.29, 1.82) is 0 Å². The summed E-state index contributed by atoms with van der Waals surface area (Å²) >= 11 is 0. The Labute approximate surface area is 145 Å². The lowest BCUT2D eigenvalue weighted by Gasteiger charge is -2.19. The number of halogens is 1. The molecule has 0 bridgehead atoms. The second kappa shape index (κ2) is 8.66. The largest absolute Gasteiger partial charge is 0.326 e. The molecule has 132 valence electrons. The molecule has 1 amide bonds. The van der Waals surface area contributed by atoms with Crippen LogP contribution in [0.4, 0.5) is 5.69 Å². The van der Waals surface area contributed by atoms with E-state index in [1.54, 1.807) is 52.1 Å². The van der Waals surface area contributed by atoms with Crippen LogP contribution in [0.1, 0.15) is 33.3 Å². The maximum absolute atomic E-state index is 12.3. The number of rotatable bonds is 6. The van der Waals surface area contributed by atoms with Crippen molar-refractivity contribution in [3.8, 4) is 0 Å². The van der Waals surface area contributed by atoms with Gasteiger partial charge in [0.15, 0.2) is 9.84 Å². The van der Waals surface area contributed by atoms with Crippen LogP contribution >= 0.6 is 12.4 Å². The maximum atomic E-state index is 12.3. The Morgan fingerprint density at radius 3 is 2.39 bits per heavy atom.